The normalized spacial score (nSPS) is 12.8. The quantitative estimate of drug-likeness (QED) is 0.161. The van der Waals surface area contributed by atoms with E-state index < -0.39 is 0 Å². The summed E-state index contributed by atoms with van der Waals surface area (Å²) in [7, 11) is 0. The molecule has 0 bridgehead atoms. The van der Waals surface area contributed by atoms with E-state index in [-0.39, 0.29) is 5.41 Å². The maximum atomic E-state index is 6.53. The van der Waals surface area contributed by atoms with E-state index >= 15 is 0 Å². The van der Waals surface area contributed by atoms with Gasteiger partial charge in [-0.1, -0.05) is 147 Å². The SMILES string of the molecule is CC1(C)c2cc(-c3ccc(N(c4ccccc4)c4cccc5c4oc4ccccc45)cn3)ccc2-c2c1cc(N(c1ccccc1)c1ccc3ccccc3c1)c1ccccc21. The van der Waals surface area contributed by atoms with Crippen molar-refractivity contribution in [3.8, 4) is 22.4 Å². The number of benzene rings is 9. The number of pyridine rings is 1. The standard InChI is InChI=1S/C58H41N3O/c1-58(2)50-35-40(52-33-31-44(37-59-52)61(42-20-7-4-8-21-42)53-26-15-25-48-46-23-13-14-27-55(46)62-57(48)53)29-32-49(50)56-47-24-12-11-22-45(47)54(36-51(56)58)60(41-18-5-3-6-19-41)43-30-28-38-16-9-10-17-39(38)34-43/h3-37H,1-2H3. The van der Waals surface area contributed by atoms with Crippen molar-refractivity contribution in [2.75, 3.05) is 9.80 Å². The first-order valence-corrected chi connectivity index (χ1v) is 21.3. The van der Waals surface area contributed by atoms with Crippen LogP contribution in [-0.2, 0) is 5.41 Å². The zero-order valence-electron chi connectivity index (χ0n) is 34.5. The summed E-state index contributed by atoms with van der Waals surface area (Å²) < 4.78 is 6.53. The first-order chi connectivity index (χ1) is 30.5. The molecule has 0 saturated heterocycles. The number of hydrogen-bond donors (Lipinski definition) is 0. The minimum Gasteiger partial charge on any atom is -0.454 e. The Balaban J connectivity index is 0.961. The Kier molecular flexibility index (Phi) is 8.16. The second kappa shape index (κ2) is 14.1. The number of para-hydroxylation sites is 4. The third-order valence-corrected chi connectivity index (χ3v) is 12.8. The van der Waals surface area contributed by atoms with E-state index in [1.165, 1.54) is 49.5 Å². The lowest BCUT2D eigenvalue weighted by atomic mass is 9.81. The van der Waals surface area contributed by atoms with Crippen LogP contribution in [0.1, 0.15) is 25.0 Å². The largest absolute Gasteiger partial charge is 0.454 e. The molecular formula is C58H41N3O. The van der Waals surface area contributed by atoms with Crippen molar-refractivity contribution in [3.63, 3.8) is 0 Å². The Hall–Kier alpha value is -7.95. The van der Waals surface area contributed by atoms with Crippen molar-refractivity contribution in [1.29, 1.82) is 0 Å². The van der Waals surface area contributed by atoms with Crippen molar-refractivity contribution < 1.29 is 4.42 Å². The van der Waals surface area contributed by atoms with Crippen LogP contribution in [0.4, 0.5) is 34.1 Å². The molecule has 294 valence electrons. The van der Waals surface area contributed by atoms with Gasteiger partial charge in [0, 0.05) is 44.2 Å². The second-order valence-corrected chi connectivity index (χ2v) is 16.8. The van der Waals surface area contributed by atoms with Gasteiger partial charge in [0.15, 0.2) is 5.58 Å². The summed E-state index contributed by atoms with van der Waals surface area (Å²) in [5.41, 5.74) is 15.0. The first-order valence-electron chi connectivity index (χ1n) is 21.3. The Bertz CT molecular complexity index is 3500. The zero-order chi connectivity index (χ0) is 41.4. The molecule has 11 aromatic rings. The highest BCUT2D eigenvalue weighted by Crippen LogP contribution is 2.55. The molecule has 0 amide bonds. The molecule has 0 saturated carbocycles. The molecule has 4 heteroatoms. The van der Waals surface area contributed by atoms with E-state index in [1.54, 1.807) is 0 Å². The van der Waals surface area contributed by atoms with Crippen molar-refractivity contribution in [2.45, 2.75) is 19.3 Å². The number of rotatable bonds is 7. The third-order valence-electron chi connectivity index (χ3n) is 12.8. The molecule has 2 heterocycles. The Morgan fingerprint density at radius 2 is 1.08 bits per heavy atom. The lowest BCUT2D eigenvalue weighted by Crippen LogP contribution is -2.17. The number of nitrogens with zero attached hydrogens (tertiary/aromatic N) is 3. The van der Waals surface area contributed by atoms with Crippen LogP contribution in [0, 0.1) is 0 Å². The minimum atomic E-state index is -0.277. The number of furan rings is 1. The minimum absolute atomic E-state index is 0.277. The molecule has 1 aliphatic rings. The smallest absolute Gasteiger partial charge is 0.159 e. The molecule has 9 aromatic carbocycles. The second-order valence-electron chi connectivity index (χ2n) is 16.8. The van der Waals surface area contributed by atoms with Crippen molar-refractivity contribution in [2.24, 2.45) is 0 Å². The molecule has 2 aromatic heterocycles. The van der Waals surface area contributed by atoms with Crippen molar-refractivity contribution in [3.05, 3.63) is 224 Å². The molecule has 0 spiro atoms. The average Bonchev–Trinajstić information content (AvgIpc) is 3.82. The van der Waals surface area contributed by atoms with Gasteiger partial charge in [0.1, 0.15) is 5.58 Å². The van der Waals surface area contributed by atoms with E-state index in [9.17, 15) is 0 Å². The summed E-state index contributed by atoms with van der Waals surface area (Å²) in [6, 6.07) is 73.8. The molecule has 0 radical (unpaired) electrons. The highest BCUT2D eigenvalue weighted by molar-refractivity contribution is 6.11. The fourth-order valence-corrected chi connectivity index (χ4v) is 9.83. The van der Waals surface area contributed by atoms with Gasteiger partial charge in [-0.2, -0.15) is 0 Å². The molecule has 0 atom stereocenters. The van der Waals surface area contributed by atoms with Crippen LogP contribution in [0.25, 0.3) is 65.9 Å². The van der Waals surface area contributed by atoms with Crippen LogP contribution in [-0.4, -0.2) is 4.98 Å². The van der Waals surface area contributed by atoms with Crippen LogP contribution in [0.5, 0.6) is 0 Å². The summed E-state index contributed by atoms with van der Waals surface area (Å²) in [6.07, 6.45) is 1.99. The van der Waals surface area contributed by atoms with Gasteiger partial charge in [0.25, 0.3) is 0 Å². The van der Waals surface area contributed by atoms with Gasteiger partial charge in [-0.25, -0.2) is 0 Å². The van der Waals surface area contributed by atoms with Gasteiger partial charge < -0.3 is 14.2 Å². The van der Waals surface area contributed by atoms with Gasteiger partial charge in [-0.15, -0.1) is 0 Å². The van der Waals surface area contributed by atoms with Crippen LogP contribution in [0.3, 0.4) is 0 Å². The number of fused-ring (bicyclic) bond motifs is 9. The number of anilines is 6. The zero-order valence-corrected chi connectivity index (χ0v) is 34.5. The van der Waals surface area contributed by atoms with Gasteiger partial charge in [-0.3, -0.25) is 4.98 Å². The van der Waals surface area contributed by atoms with Crippen LogP contribution in [0.2, 0.25) is 0 Å². The van der Waals surface area contributed by atoms with E-state index in [0.717, 1.165) is 61.6 Å². The summed E-state index contributed by atoms with van der Waals surface area (Å²) in [6.45, 7) is 4.74. The van der Waals surface area contributed by atoms with Gasteiger partial charge >= 0.3 is 0 Å². The fourth-order valence-electron chi connectivity index (χ4n) is 9.83. The Morgan fingerprint density at radius 1 is 0.435 bits per heavy atom. The van der Waals surface area contributed by atoms with E-state index in [2.05, 4.69) is 212 Å². The number of aromatic nitrogens is 1. The van der Waals surface area contributed by atoms with Crippen LogP contribution < -0.4 is 9.80 Å². The van der Waals surface area contributed by atoms with E-state index in [1.807, 2.05) is 24.4 Å². The number of hydrogen-bond acceptors (Lipinski definition) is 4. The monoisotopic (exact) mass is 795 g/mol. The summed E-state index contributed by atoms with van der Waals surface area (Å²) in [4.78, 5) is 9.83. The molecular weight excluding hydrogens is 755 g/mol. The summed E-state index contributed by atoms with van der Waals surface area (Å²) in [5, 5.41) is 7.11. The van der Waals surface area contributed by atoms with Gasteiger partial charge in [0.2, 0.25) is 0 Å². The van der Waals surface area contributed by atoms with Crippen molar-refractivity contribution in [1.82, 2.24) is 4.98 Å². The summed E-state index contributed by atoms with van der Waals surface area (Å²) >= 11 is 0. The average molecular weight is 796 g/mol. The summed E-state index contributed by atoms with van der Waals surface area (Å²) in [5.74, 6) is 0. The third kappa shape index (κ3) is 5.64. The predicted molar refractivity (Wildman–Crippen MR) is 259 cm³/mol. The lowest BCUT2D eigenvalue weighted by Gasteiger charge is -2.30. The first kappa shape index (κ1) is 35.9. The maximum absolute atomic E-state index is 6.53. The fraction of sp³-hybridized carbons (Fsp3) is 0.0517. The van der Waals surface area contributed by atoms with Gasteiger partial charge in [-0.05, 0) is 111 Å². The highest BCUT2D eigenvalue weighted by atomic mass is 16.3. The molecule has 62 heavy (non-hydrogen) atoms. The maximum Gasteiger partial charge on any atom is 0.159 e. The van der Waals surface area contributed by atoms with E-state index in [4.69, 9.17) is 9.40 Å². The predicted octanol–water partition coefficient (Wildman–Crippen LogP) is 16.2. The van der Waals surface area contributed by atoms with Crippen molar-refractivity contribution >= 4 is 77.6 Å². The molecule has 1 aliphatic carbocycles. The molecule has 0 unspecified atom stereocenters. The topological polar surface area (TPSA) is 32.5 Å². The Labute approximate surface area is 360 Å². The lowest BCUT2D eigenvalue weighted by molar-refractivity contribution is 0.661. The molecule has 0 N–H and O–H groups in total. The van der Waals surface area contributed by atoms with Crippen LogP contribution in [0.15, 0.2) is 217 Å². The van der Waals surface area contributed by atoms with Gasteiger partial charge in [0.05, 0.1) is 29.0 Å². The molecule has 12 rings (SSSR count). The van der Waals surface area contributed by atoms with Crippen LogP contribution >= 0.6 is 0 Å². The molecule has 0 aliphatic heterocycles. The molecule has 0 fully saturated rings. The molecule has 4 nitrogen and oxygen atoms in total. The highest BCUT2D eigenvalue weighted by Gasteiger charge is 2.38. The van der Waals surface area contributed by atoms with E-state index in [0.29, 0.717) is 0 Å². The Morgan fingerprint density at radius 3 is 1.84 bits per heavy atom.